The Kier molecular flexibility index (Phi) is 7.60. The summed E-state index contributed by atoms with van der Waals surface area (Å²) in [5.74, 6) is 0.0173. The highest BCUT2D eigenvalue weighted by Crippen LogP contribution is 2.27. The molecule has 1 atom stereocenters. The van der Waals surface area contributed by atoms with E-state index >= 15 is 0 Å². The Bertz CT molecular complexity index is 1640. The lowest BCUT2D eigenvalue weighted by Gasteiger charge is -2.30. The second kappa shape index (κ2) is 11.2. The molecule has 0 saturated heterocycles. The van der Waals surface area contributed by atoms with E-state index in [0.29, 0.717) is 37.4 Å². The van der Waals surface area contributed by atoms with Crippen molar-refractivity contribution in [3.05, 3.63) is 122 Å². The molecule has 200 valence electrons. The van der Waals surface area contributed by atoms with Crippen LogP contribution in [0.3, 0.4) is 0 Å². The van der Waals surface area contributed by atoms with Gasteiger partial charge in [-0.05, 0) is 89.2 Å². The molecule has 1 N–H and O–H groups in total. The van der Waals surface area contributed by atoms with E-state index in [1.807, 2.05) is 32.9 Å². The van der Waals surface area contributed by atoms with Crippen molar-refractivity contribution in [2.75, 3.05) is 0 Å². The molecule has 0 aliphatic heterocycles. The number of aryl methyl sites for hydroxylation is 2. The van der Waals surface area contributed by atoms with E-state index in [4.69, 9.17) is 0 Å². The third-order valence-electron chi connectivity index (χ3n) is 6.97. The maximum Gasteiger partial charge on any atom is 0.252 e. The summed E-state index contributed by atoms with van der Waals surface area (Å²) >= 11 is 0. The van der Waals surface area contributed by atoms with Gasteiger partial charge in [0.1, 0.15) is 11.6 Å². The second-order valence-corrected chi connectivity index (χ2v) is 9.95. The number of H-pyrrole nitrogens is 1. The highest BCUT2D eigenvalue weighted by molar-refractivity contribution is 5.82. The molecule has 0 radical (unpaired) electrons. The number of tetrazole rings is 1. The number of fused-ring (bicyclic) bond motifs is 1. The molecular formula is C30H30F2N6O. The van der Waals surface area contributed by atoms with Crippen LogP contribution in [0.4, 0.5) is 8.78 Å². The van der Waals surface area contributed by atoms with Gasteiger partial charge in [-0.15, -0.1) is 5.10 Å². The van der Waals surface area contributed by atoms with E-state index in [2.05, 4.69) is 31.5 Å². The summed E-state index contributed by atoms with van der Waals surface area (Å²) in [4.78, 5) is 18.4. The molecule has 39 heavy (non-hydrogen) atoms. The molecule has 0 aliphatic rings. The SMILES string of the molecule is CCC(c1nnnn1Cc1ccc(F)cc1)N(Cc1ccc(F)cc1)Cc1cc2cc(C)cc(C)c2[nH]c1=O. The zero-order valence-electron chi connectivity index (χ0n) is 22.2. The second-order valence-electron chi connectivity index (χ2n) is 9.95. The molecule has 2 heterocycles. The number of nitrogens with one attached hydrogen (secondary N) is 1. The normalized spacial score (nSPS) is 12.4. The fourth-order valence-corrected chi connectivity index (χ4v) is 5.10. The van der Waals surface area contributed by atoms with Crippen LogP contribution in [0.25, 0.3) is 10.9 Å². The van der Waals surface area contributed by atoms with Crippen LogP contribution < -0.4 is 5.56 Å². The molecule has 1 unspecified atom stereocenters. The van der Waals surface area contributed by atoms with Crippen LogP contribution in [-0.4, -0.2) is 30.1 Å². The van der Waals surface area contributed by atoms with Crippen molar-refractivity contribution in [1.82, 2.24) is 30.1 Å². The molecule has 2 aromatic heterocycles. The standard InChI is InChI=1S/C30H30F2N6O/c1-4-27(29-34-35-36-38(29)17-22-7-11-26(32)12-8-22)37(16-21-5-9-25(31)10-6-21)18-24-15-23-14-19(2)13-20(3)28(23)33-30(24)39/h5-15,27H,4,16-18H2,1-3H3,(H,33,39). The number of benzene rings is 3. The Morgan fingerprint density at radius 3 is 2.26 bits per heavy atom. The van der Waals surface area contributed by atoms with Crippen molar-refractivity contribution >= 4 is 10.9 Å². The van der Waals surface area contributed by atoms with Gasteiger partial charge in [-0.1, -0.05) is 42.8 Å². The Morgan fingerprint density at radius 2 is 1.59 bits per heavy atom. The third-order valence-corrected chi connectivity index (χ3v) is 6.97. The first-order valence-electron chi connectivity index (χ1n) is 12.9. The molecule has 5 aromatic rings. The smallest absolute Gasteiger partial charge is 0.252 e. The van der Waals surface area contributed by atoms with Gasteiger partial charge < -0.3 is 4.98 Å². The maximum absolute atomic E-state index is 13.7. The first-order valence-corrected chi connectivity index (χ1v) is 12.9. The van der Waals surface area contributed by atoms with Gasteiger partial charge in [0, 0.05) is 18.7 Å². The first-order chi connectivity index (χ1) is 18.8. The van der Waals surface area contributed by atoms with Gasteiger partial charge >= 0.3 is 0 Å². The summed E-state index contributed by atoms with van der Waals surface area (Å²) in [6.45, 7) is 7.21. The fraction of sp³-hybridized carbons (Fsp3) is 0.267. The number of pyridine rings is 1. The molecule has 0 spiro atoms. The Balaban J connectivity index is 1.53. The van der Waals surface area contributed by atoms with Crippen molar-refractivity contribution in [2.45, 2.75) is 52.9 Å². The van der Waals surface area contributed by atoms with Gasteiger partial charge in [-0.2, -0.15) is 0 Å². The lowest BCUT2D eigenvalue weighted by molar-refractivity contribution is 0.161. The van der Waals surface area contributed by atoms with Crippen molar-refractivity contribution in [3.8, 4) is 0 Å². The van der Waals surface area contributed by atoms with Gasteiger partial charge in [0.25, 0.3) is 5.56 Å². The Morgan fingerprint density at radius 1 is 0.923 bits per heavy atom. The van der Waals surface area contributed by atoms with Crippen LogP contribution in [0, 0.1) is 25.5 Å². The summed E-state index contributed by atoms with van der Waals surface area (Å²) in [7, 11) is 0. The number of hydrogen-bond donors (Lipinski definition) is 1. The van der Waals surface area contributed by atoms with Gasteiger partial charge in [-0.3, -0.25) is 9.69 Å². The minimum atomic E-state index is -0.308. The van der Waals surface area contributed by atoms with Crippen LogP contribution in [0.1, 0.15) is 53.0 Å². The van der Waals surface area contributed by atoms with Crippen LogP contribution >= 0.6 is 0 Å². The van der Waals surface area contributed by atoms with Crippen LogP contribution in [-0.2, 0) is 19.6 Å². The zero-order valence-corrected chi connectivity index (χ0v) is 22.2. The van der Waals surface area contributed by atoms with E-state index in [1.54, 1.807) is 28.9 Å². The predicted octanol–water partition coefficient (Wildman–Crippen LogP) is 5.61. The van der Waals surface area contributed by atoms with E-state index in [1.165, 1.54) is 24.3 Å². The van der Waals surface area contributed by atoms with E-state index in [9.17, 15) is 13.6 Å². The molecule has 0 saturated carbocycles. The summed E-state index contributed by atoms with van der Waals surface area (Å²) in [6.07, 6.45) is 0.661. The maximum atomic E-state index is 13.7. The number of aromatic amines is 1. The zero-order chi connectivity index (χ0) is 27.5. The van der Waals surface area contributed by atoms with Crippen LogP contribution in [0.15, 0.2) is 71.5 Å². The topological polar surface area (TPSA) is 79.7 Å². The molecule has 5 rings (SSSR count). The molecule has 0 fully saturated rings. The minimum Gasteiger partial charge on any atom is -0.321 e. The summed E-state index contributed by atoms with van der Waals surface area (Å²) < 4.78 is 28.8. The average Bonchev–Trinajstić information content (AvgIpc) is 3.35. The largest absolute Gasteiger partial charge is 0.321 e. The van der Waals surface area contributed by atoms with Gasteiger partial charge in [-0.25, -0.2) is 13.5 Å². The molecule has 0 aliphatic carbocycles. The summed E-state index contributed by atoms with van der Waals surface area (Å²) in [5.41, 5.74) is 5.19. The van der Waals surface area contributed by atoms with E-state index < -0.39 is 0 Å². The molecule has 9 heteroatoms. The van der Waals surface area contributed by atoms with Crippen molar-refractivity contribution in [2.24, 2.45) is 0 Å². The minimum absolute atomic E-state index is 0.153. The lowest BCUT2D eigenvalue weighted by atomic mass is 10.0. The van der Waals surface area contributed by atoms with Crippen LogP contribution in [0.5, 0.6) is 0 Å². The average molecular weight is 529 g/mol. The van der Waals surface area contributed by atoms with Crippen molar-refractivity contribution in [1.29, 1.82) is 0 Å². The molecular weight excluding hydrogens is 498 g/mol. The highest BCUT2D eigenvalue weighted by atomic mass is 19.1. The number of nitrogens with zero attached hydrogens (tertiary/aromatic N) is 5. The number of rotatable bonds is 9. The van der Waals surface area contributed by atoms with Crippen molar-refractivity contribution < 1.29 is 8.78 Å². The number of halogens is 2. The predicted molar refractivity (Wildman–Crippen MR) is 146 cm³/mol. The Labute approximate surface area is 225 Å². The Hall–Kier alpha value is -4.24. The highest BCUT2D eigenvalue weighted by Gasteiger charge is 2.26. The van der Waals surface area contributed by atoms with Gasteiger partial charge in [0.15, 0.2) is 5.82 Å². The number of aromatic nitrogens is 5. The molecule has 0 amide bonds. The van der Waals surface area contributed by atoms with E-state index in [-0.39, 0.29) is 23.2 Å². The molecule has 7 nitrogen and oxygen atoms in total. The molecule has 0 bridgehead atoms. The summed E-state index contributed by atoms with van der Waals surface area (Å²) in [6, 6.07) is 18.4. The fourth-order valence-electron chi connectivity index (χ4n) is 5.10. The van der Waals surface area contributed by atoms with Crippen LogP contribution in [0.2, 0.25) is 0 Å². The van der Waals surface area contributed by atoms with Crippen molar-refractivity contribution in [3.63, 3.8) is 0 Å². The first kappa shape index (κ1) is 26.4. The number of hydrogen-bond acceptors (Lipinski definition) is 5. The lowest BCUT2D eigenvalue weighted by Crippen LogP contribution is -2.32. The third kappa shape index (κ3) is 5.93. The summed E-state index contributed by atoms with van der Waals surface area (Å²) in [5, 5.41) is 13.5. The quantitative estimate of drug-likeness (QED) is 0.269. The van der Waals surface area contributed by atoms with Gasteiger partial charge in [0.2, 0.25) is 0 Å². The van der Waals surface area contributed by atoms with E-state index in [0.717, 1.165) is 33.2 Å². The monoisotopic (exact) mass is 528 g/mol. The molecule has 3 aromatic carbocycles. The van der Waals surface area contributed by atoms with Gasteiger partial charge in [0.05, 0.1) is 18.1 Å².